The minimum Gasteiger partial charge on any atom is -0.323 e. The lowest BCUT2D eigenvalue weighted by atomic mass is 10.0. The summed E-state index contributed by atoms with van der Waals surface area (Å²) in [6, 6.07) is 13.0. The summed E-state index contributed by atoms with van der Waals surface area (Å²) in [6.45, 7) is 1.78. The number of para-hydroxylation sites is 1. The summed E-state index contributed by atoms with van der Waals surface area (Å²) in [5, 5.41) is 2.49. The second-order valence-corrected chi connectivity index (χ2v) is 7.09. The number of nitrogens with zero attached hydrogens (tertiary/aromatic N) is 1. The minimum absolute atomic E-state index is 0.159. The first-order valence-electron chi connectivity index (χ1n) is 7.22. The van der Waals surface area contributed by atoms with Crippen LogP contribution in [0.3, 0.4) is 0 Å². The molecule has 2 aromatic carbocycles. The van der Waals surface area contributed by atoms with E-state index in [9.17, 15) is 14.0 Å². The molecular weight excluding hydrogens is 315 g/mol. The zero-order chi connectivity index (χ0) is 16.2. The van der Waals surface area contributed by atoms with Crippen LogP contribution in [0.5, 0.6) is 0 Å². The molecule has 0 bridgehead atoms. The second-order valence-electron chi connectivity index (χ2n) is 5.55. The van der Waals surface area contributed by atoms with Crippen LogP contribution in [-0.2, 0) is 14.5 Å². The van der Waals surface area contributed by atoms with Crippen LogP contribution in [-0.4, -0.2) is 17.1 Å². The second kappa shape index (κ2) is 4.83. The van der Waals surface area contributed by atoms with Gasteiger partial charge >= 0.3 is 0 Å². The molecule has 0 unspecified atom stereocenters. The fourth-order valence-corrected chi connectivity index (χ4v) is 4.63. The van der Waals surface area contributed by atoms with Crippen molar-refractivity contribution in [1.82, 2.24) is 0 Å². The lowest BCUT2D eigenvalue weighted by Gasteiger charge is -2.32. The Hall–Kier alpha value is -2.34. The Balaban J connectivity index is 1.94. The molecule has 2 aliphatic heterocycles. The van der Waals surface area contributed by atoms with E-state index >= 15 is 0 Å². The summed E-state index contributed by atoms with van der Waals surface area (Å²) in [4.78, 5) is 25.9. The molecule has 1 N–H and O–H groups in total. The van der Waals surface area contributed by atoms with Crippen LogP contribution in [0.1, 0.15) is 12.5 Å². The van der Waals surface area contributed by atoms with Gasteiger partial charge in [-0.1, -0.05) is 18.2 Å². The molecule has 2 aliphatic rings. The number of hydrogen-bond acceptors (Lipinski definition) is 3. The summed E-state index contributed by atoms with van der Waals surface area (Å²) in [5.41, 5.74) is 1.98. The van der Waals surface area contributed by atoms with Gasteiger partial charge in [0.15, 0.2) is 0 Å². The average molecular weight is 328 g/mol. The maximum atomic E-state index is 13.2. The molecule has 23 heavy (non-hydrogen) atoms. The molecule has 2 aromatic rings. The van der Waals surface area contributed by atoms with Gasteiger partial charge in [0.05, 0.1) is 5.25 Å². The Labute approximate surface area is 136 Å². The molecule has 2 atom stereocenters. The van der Waals surface area contributed by atoms with E-state index in [4.69, 9.17) is 0 Å². The highest BCUT2D eigenvalue weighted by Gasteiger charge is 2.60. The molecule has 6 heteroatoms. The van der Waals surface area contributed by atoms with Gasteiger partial charge in [0.25, 0.3) is 5.91 Å². The number of hydrogen-bond donors (Lipinski definition) is 1. The fourth-order valence-electron chi connectivity index (χ4n) is 3.15. The molecular formula is C17H13FN2O2S. The third-order valence-corrected chi connectivity index (χ3v) is 5.65. The highest BCUT2D eigenvalue weighted by molar-refractivity contribution is 8.03. The Morgan fingerprint density at radius 1 is 1.13 bits per heavy atom. The van der Waals surface area contributed by atoms with Crippen molar-refractivity contribution in [2.45, 2.75) is 17.0 Å². The number of carbonyl (C=O) groups excluding carboxylic acids is 2. The van der Waals surface area contributed by atoms with Crippen molar-refractivity contribution in [3.63, 3.8) is 0 Å². The van der Waals surface area contributed by atoms with Gasteiger partial charge in [0.2, 0.25) is 10.8 Å². The molecule has 0 aromatic heterocycles. The molecule has 2 heterocycles. The standard InChI is InChI=1S/C17H13FN2O2S/c1-10-15(21)20(12-8-6-11(18)7-9-12)17(23-10)13-4-2-3-5-14(13)19-16(17)22/h2-10H,1H3,(H,19,22)/t10-,17+/m0/s1. The van der Waals surface area contributed by atoms with Gasteiger partial charge < -0.3 is 5.32 Å². The summed E-state index contributed by atoms with van der Waals surface area (Å²) >= 11 is 1.31. The van der Waals surface area contributed by atoms with Gasteiger partial charge in [-0.3, -0.25) is 14.5 Å². The molecule has 4 rings (SSSR count). The van der Waals surface area contributed by atoms with Crippen molar-refractivity contribution in [2.75, 3.05) is 10.2 Å². The molecule has 4 nitrogen and oxygen atoms in total. The Morgan fingerprint density at radius 2 is 1.83 bits per heavy atom. The van der Waals surface area contributed by atoms with E-state index in [0.717, 1.165) is 5.56 Å². The van der Waals surface area contributed by atoms with Gasteiger partial charge in [0.1, 0.15) is 5.82 Å². The minimum atomic E-state index is -1.13. The van der Waals surface area contributed by atoms with Crippen molar-refractivity contribution in [1.29, 1.82) is 0 Å². The van der Waals surface area contributed by atoms with Crippen molar-refractivity contribution in [2.24, 2.45) is 0 Å². The van der Waals surface area contributed by atoms with Gasteiger partial charge in [-0.15, -0.1) is 11.8 Å². The number of halogens is 1. The van der Waals surface area contributed by atoms with Crippen LogP contribution in [0.25, 0.3) is 0 Å². The van der Waals surface area contributed by atoms with E-state index in [1.807, 2.05) is 24.3 Å². The Bertz CT molecular complexity index is 824. The van der Waals surface area contributed by atoms with Crippen LogP contribution in [0.4, 0.5) is 15.8 Å². The predicted molar refractivity (Wildman–Crippen MR) is 87.7 cm³/mol. The van der Waals surface area contributed by atoms with Crippen LogP contribution < -0.4 is 10.2 Å². The smallest absolute Gasteiger partial charge is 0.266 e. The third-order valence-electron chi connectivity index (χ3n) is 4.16. The number of fused-ring (bicyclic) bond motifs is 2. The van der Waals surface area contributed by atoms with Crippen LogP contribution >= 0.6 is 11.8 Å². The first-order chi connectivity index (χ1) is 11.0. The highest BCUT2D eigenvalue weighted by Crippen LogP contribution is 2.55. The molecule has 1 spiro atoms. The first kappa shape index (κ1) is 14.3. The largest absolute Gasteiger partial charge is 0.323 e. The fraction of sp³-hybridized carbons (Fsp3) is 0.176. The maximum Gasteiger partial charge on any atom is 0.266 e. The summed E-state index contributed by atoms with van der Waals surface area (Å²) in [6.07, 6.45) is 0. The molecule has 116 valence electrons. The normalized spacial score (nSPS) is 25.8. The number of benzene rings is 2. The molecule has 0 saturated carbocycles. The lowest BCUT2D eigenvalue weighted by molar-refractivity contribution is -0.122. The number of anilines is 2. The predicted octanol–water partition coefficient (Wildman–Crippen LogP) is 3.10. The van der Waals surface area contributed by atoms with E-state index in [2.05, 4.69) is 5.32 Å². The number of rotatable bonds is 1. The topological polar surface area (TPSA) is 49.4 Å². The van der Waals surface area contributed by atoms with Crippen molar-refractivity contribution in [3.8, 4) is 0 Å². The van der Waals surface area contributed by atoms with E-state index < -0.39 is 4.87 Å². The van der Waals surface area contributed by atoms with Gasteiger partial charge in [0, 0.05) is 16.9 Å². The number of amides is 2. The van der Waals surface area contributed by atoms with Crippen LogP contribution in [0.2, 0.25) is 0 Å². The molecule has 0 aliphatic carbocycles. The van der Waals surface area contributed by atoms with E-state index in [1.54, 1.807) is 6.92 Å². The zero-order valence-electron chi connectivity index (χ0n) is 12.2. The van der Waals surface area contributed by atoms with Gasteiger partial charge in [-0.25, -0.2) is 4.39 Å². The van der Waals surface area contributed by atoms with Crippen LogP contribution in [0, 0.1) is 5.82 Å². The molecule has 1 saturated heterocycles. The van der Waals surface area contributed by atoms with Gasteiger partial charge in [-0.2, -0.15) is 0 Å². The number of thioether (sulfide) groups is 1. The lowest BCUT2D eigenvalue weighted by Crippen LogP contribution is -2.47. The van der Waals surface area contributed by atoms with E-state index in [-0.39, 0.29) is 22.9 Å². The van der Waals surface area contributed by atoms with Gasteiger partial charge in [-0.05, 0) is 37.3 Å². The first-order valence-corrected chi connectivity index (χ1v) is 8.10. The number of carbonyl (C=O) groups is 2. The van der Waals surface area contributed by atoms with Crippen molar-refractivity contribution in [3.05, 3.63) is 59.9 Å². The quantitative estimate of drug-likeness (QED) is 0.875. The summed E-state index contributed by atoms with van der Waals surface area (Å²) < 4.78 is 13.2. The highest BCUT2D eigenvalue weighted by atomic mass is 32.2. The maximum absolute atomic E-state index is 13.2. The third kappa shape index (κ3) is 1.84. The summed E-state index contributed by atoms with van der Waals surface area (Å²) in [5.74, 6) is -0.786. The molecule has 1 fully saturated rings. The van der Waals surface area contributed by atoms with Crippen LogP contribution in [0.15, 0.2) is 48.5 Å². The monoisotopic (exact) mass is 328 g/mol. The van der Waals surface area contributed by atoms with E-state index in [0.29, 0.717) is 11.4 Å². The Kier molecular flexibility index (Phi) is 2.99. The number of nitrogens with one attached hydrogen (secondary N) is 1. The molecule has 2 amide bonds. The Morgan fingerprint density at radius 3 is 2.57 bits per heavy atom. The summed E-state index contributed by atoms with van der Waals surface area (Å²) in [7, 11) is 0. The van der Waals surface area contributed by atoms with Crippen molar-refractivity contribution >= 4 is 35.0 Å². The van der Waals surface area contributed by atoms with Crippen molar-refractivity contribution < 1.29 is 14.0 Å². The van der Waals surface area contributed by atoms with E-state index in [1.165, 1.54) is 40.9 Å². The zero-order valence-corrected chi connectivity index (χ0v) is 13.1. The average Bonchev–Trinajstić information content (AvgIpc) is 2.97. The molecule has 0 radical (unpaired) electrons. The SMILES string of the molecule is C[C@@H]1S[C@]2(C(=O)Nc3ccccc32)N(c2ccc(F)cc2)C1=O.